The van der Waals surface area contributed by atoms with Crippen LogP contribution in [0.4, 0.5) is 5.69 Å². The Morgan fingerprint density at radius 1 is 1.13 bits per heavy atom. The average Bonchev–Trinajstić information content (AvgIpc) is 3.53. The Kier molecular flexibility index (Phi) is 4.83. The zero-order valence-corrected chi connectivity index (χ0v) is 17.0. The van der Waals surface area contributed by atoms with E-state index in [0.29, 0.717) is 13.0 Å². The molecule has 0 bridgehead atoms. The number of anilines is 1. The lowest BCUT2D eigenvalue weighted by molar-refractivity contribution is -0.128. The largest absolute Gasteiger partial charge is 0.395 e. The van der Waals surface area contributed by atoms with Gasteiger partial charge in [0.05, 0.1) is 12.0 Å². The summed E-state index contributed by atoms with van der Waals surface area (Å²) in [4.78, 5) is 29.6. The van der Waals surface area contributed by atoms with Gasteiger partial charge in [-0.15, -0.1) is 0 Å². The van der Waals surface area contributed by atoms with E-state index in [1.165, 1.54) is 11.1 Å². The Hall–Kier alpha value is -2.70. The number of nitrogens with zero attached hydrogens (tertiary/aromatic N) is 2. The second kappa shape index (κ2) is 7.52. The van der Waals surface area contributed by atoms with E-state index in [-0.39, 0.29) is 30.9 Å². The Balaban J connectivity index is 1.19. The molecule has 2 aromatic carbocycles. The van der Waals surface area contributed by atoms with Crippen molar-refractivity contribution < 1.29 is 14.7 Å². The summed E-state index contributed by atoms with van der Waals surface area (Å²) >= 11 is 0. The normalized spacial score (nSPS) is 24.6. The molecule has 2 heterocycles. The van der Waals surface area contributed by atoms with Crippen molar-refractivity contribution in [1.82, 2.24) is 10.2 Å². The minimum Gasteiger partial charge on any atom is -0.395 e. The summed E-state index contributed by atoms with van der Waals surface area (Å²) in [7, 11) is 0. The summed E-state index contributed by atoms with van der Waals surface area (Å²) in [5, 5.41) is 12.8. The number of rotatable bonds is 6. The highest BCUT2D eigenvalue weighted by atomic mass is 16.3. The lowest BCUT2D eigenvalue weighted by atomic mass is 9.92. The van der Waals surface area contributed by atoms with E-state index in [1.54, 1.807) is 4.90 Å². The van der Waals surface area contributed by atoms with Gasteiger partial charge in [-0.1, -0.05) is 42.5 Å². The van der Waals surface area contributed by atoms with Gasteiger partial charge in [0.15, 0.2) is 0 Å². The number of nitrogens with one attached hydrogen (secondary N) is 1. The number of hydrogen-bond acceptors (Lipinski definition) is 4. The molecular formula is C24H27N3O3. The van der Waals surface area contributed by atoms with Gasteiger partial charge in [-0.25, -0.2) is 0 Å². The van der Waals surface area contributed by atoms with Gasteiger partial charge in [0.25, 0.3) is 0 Å². The van der Waals surface area contributed by atoms with Crippen molar-refractivity contribution in [3.8, 4) is 0 Å². The highest BCUT2D eigenvalue weighted by Gasteiger charge is 2.65. The summed E-state index contributed by atoms with van der Waals surface area (Å²) in [5.74, 6) is -0.216. The fourth-order valence-corrected chi connectivity index (χ4v) is 5.05. The van der Waals surface area contributed by atoms with Crippen molar-refractivity contribution >= 4 is 17.5 Å². The molecule has 3 aliphatic rings. The molecule has 1 fully saturated rings. The van der Waals surface area contributed by atoms with Crippen LogP contribution in [0.25, 0.3) is 0 Å². The molecule has 156 valence electrons. The predicted molar refractivity (Wildman–Crippen MR) is 114 cm³/mol. The average molecular weight is 405 g/mol. The first kappa shape index (κ1) is 19.3. The molecule has 0 aromatic heterocycles. The SMILES string of the molecule is O=C(CN1C(=O)[C@@]2(CO)C[C@H]2c2ccccc21)NCCN1CCc2ccccc2C1. The summed E-state index contributed by atoms with van der Waals surface area (Å²) in [5.41, 5.74) is 3.91. The fraction of sp³-hybridized carbons (Fsp3) is 0.417. The number of fused-ring (bicyclic) bond motifs is 4. The second-order valence-corrected chi connectivity index (χ2v) is 8.67. The molecule has 2 aromatic rings. The molecule has 6 heteroatoms. The minimum atomic E-state index is -0.726. The van der Waals surface area contributed by atoms with Crippen LogP contribution in [-0.4, -0.2) is 54.6 Å². The van der Waals surface area contributed by atoms with Gasteiger partial charge in [-0.2, -0.15) is 0 Å². The van der Waals surface area contributed by atoms with Gasteiger partial charge >= 0.3 is 0 Å². The standard InChI is InChI=1S/C24H27N3O3/c28-16-24-13-20(24)19-7-3-4-8-21(19)27(23(24)30)15-22(29)25-10-12-26-11-9-17-5-1-2-6-18(17)14-26/h1-8,20,28H,9-16H2,(H,25,29)/t20-,24+/m0/s1. The van der Waals surface area contributed by atoms with Crippen LogP contribution in [0, 0.1) is 5.41 Å². The molecule has 2 atom stereocenters. The third-order valence-corrected chi connectivity index (χ3v) is 6.89. The molecule has 0 spiro atoms. The molecule has 30 heavy (non-hydrogen) atoms. The number of benzene rings is 2. The van der Waals surface area contributed by atoms with Crippen LogP contribution in [0.5, 0.6) is 0 Å². The molecule has 2 N–H and O–H groups in total. The Morgan fingerprint density at radius 2 is 1.90 bits per heavy atom. The number of carbonyl (C=O) groups is 2. The molecule has 2 amide bonds. The van der Waals surface area contributed by atoms with Crippen molar-refractivity contribution in [2.45, 2.75) is 25.3 Å². The van der Waals surface area contributed by atoms with E-state index < -0.39 is 5.41 Å². The van der Waals surface area contributed by atoms with Crippen molar-refractivity contribution in [3.05, 3.63) is 65.2 Å². The first-order valence-corrected chi connectivity index (χ1v) is 10.7. The smallest absolute Gasteiger partial charge is 0.240 e. The predicted octanol–water partition coefficient (Wildman–Crippen LogP) is 1.67. The number of amides is 2. The van der Waals surface area contributed by atoms with Gasteiger partial charge in [0.2, 0.25) is 11.8 Å². The number of aliphatic hydroxyl groups excluding tert-OH is 1. The maximum Gasteiger partial charge on any atom is 0.240 e. The van der Waals surface area contributed by atoms with Crippen LogP contribution in [0.1, 0.15) is 29.0 Å². The zero-order chi connectivity index (χ0) is 20.7. The molecule has 0 radical (unpaired) electrons. The van der Waals surface area contributed by atoms with E-state index in [0.717, 1.165) is 37.3 Å². The molecular weight excluding hydrogens is 378 g/mol. The van der Waals surface area contributed by atoms with Crippen LogP contribution >= 0.6 is 0 Å². The number of hydrogen-bond donors (Lipinski definition) is 2. The van der Waals surface area contributed by atoms with Crippen LogP contribution in [0.2, 0.25) is 0 Å². The van der Waals surface area contributed by atoms with Gasteiger partial charge in [0.1, 0.15) is 6.54 Å². The fourth-order valence-electron chi connectivity index (χ4n) is 5.05. The molecule has 5 rings (SSSR count). The first-order chi connectivity index (χ1) is 14.6. The molecule has 1 aliphatic carbocycles. The summed E-state index contributed by atoms with van der Waals surface area (Å²) in [6, 6.07) is 16.2. The Morgan fingerprint density at radius 3 is 2.73 bits per heavy atom. The van der Waals surface area contributed by atoms with Crippen LogP contribution in [0.3, 0.4) is 0 Å². The van der Waals surface area contributed by atoms with E-state index >= 15 is 0 Å². The highest BCUT2D eigenvalue weighted by Crippen LogP contribution is 2.64. The summed E-state index contributed by atoms with van der Waals surface area (Å²) in [6.45, 7) is 3.06. The van der Waals surface area contributed by atoms with E-state index in [4.69, 9.17) is 0 Å². The molecule has 2 aliphatic heterocycles. The number of aliphatic hydroxyl groups is 1. The van der Waals surface area contributed by atoms with Crippen LogP contribution < -0.4 is 10.2 Å². The summed E-state index contributed by atoms with van der Waals surface area (Å²) in [6.07, 6.45) is 1.70. The van der Waals surface area contributed by atoms with Crippen LogP contribution in [-0.2, 0) is 22.6 Å². The quantitative estimate of drug-likeness (QED) is 0.767. The third-order valence-electron chi connectivity index (χ3n) is 6.89. The third kappa shape index (κ3) is 3.20. The molecule has 0 saturated heterocycles. The van der Waals surface area contributed by atoms with E-state index in [2.05, 4.69) is 34.5 Å². The van der Waals surface area contributed by atoms with Gasteiger partial charge in [-0.05, 0) is 35.6 Å². The number of carbonyl (C=O) groups excluding carboxylic acids is 2. The minimum absolute atomic E-state index is 0.00680. The van der Waals surface area contributed by atoms with Crippen molar-refractivity contribution in [2.24, 2.45) is 5.41 Å². The van der Waals surface area contributed by atoms with E-state index in [1.807, 2.05) is 24.3 Å². The lowest BCUT2D eigenvalue weighted by Crippen LogP contribution is -2.48. The van der Waals surface area contributed by atoms with Crippen molar-refractivity contribution in [2.75, 3.05) is 37.7 Å². The first-order valence-electron chi connectivity index (χ1n) is 10.7. The highest BCUT2D eigenvalue weighted by molar-refractivity contribution is 6.07. The Labute approximate surface area is 176 Å². The topological polar surface area (TPSA) is 72.9 Å². The molecule has 6 nitrogen and oxygen atoms in total. The maximum atomic E-state index is 13.0. The monoisotopic (exact) mass is 405 g/mol. The summed E-state index contributed by atoms with van der Waals surface area (Å²) < 4.78 is 0. The van der Waals surface area contributed by atoms with Crippen molar-refractivity contribution in [1.29, 1.82) is 0 Å². The molecule has 1 saturated carbocycles. The van der Waals surface area contributed by atoms with Crippen molar-refractivity contribution in [3.63, 3.8) is 0 Å². The zero-order valence-electron chi connectivity index (χ0n) is 17.0. The second-order valence-electron chi connectivity index (χ2n) is 8.67. The number of para-hydroxylation sites is 1. The van der Waals surface area contributed by atoms with Gasteiger partial charge < -0.3 is 15.3 Å². The lowest BCUT2D eigenvalue weighted by Gasteiger charge is -2.33. The van der Waals surface area contributed by atoms with Gasteiger partial charge in [-0.3, -0.25) is 14.5 Å². The molecule has 0 unspecified atom stereocenters. The van der Waals surface area contributed by atoms with E-state index in [9.17, 15) is 14.7 Å². The Bertz CT molecular complexity index is 991. The maximum absolute atomic E-state index is 13.0. The van der Waals surface area contributed by atoms with Crippen LogP contribution in [0.15, 0.2) is 48.5 Å². The van der Waals surface area contributed by atoms with Gasteiger partial charge in [0, 0.05) is 37.8 Å².